The number of sulfonamides is 1. The number of thiazole rings is 1. The molecule has 0 unspecified atom stereocenters. The minimum atomic E-state index is -3.36. The standard InChI is InChI=1S/C23H25N3O3S2/c1-13-8-14(2)21(15(3)9-13)19-12-30-23(24-19)25-22(27)17-6-7-20-18(11-17)10-16(4)26(20)31(5,28)29/h6-9,11-12,16H,10H2,1-5H3,(H,24,25,27)/t16-/m1/s1. The normalized spacial score (nSPS) is 15.8. The molecule has 0 aliphatic carbocycles. The molecule has 3 aromatic rings. The van der Waals surface area contributed by atoms with Gasteiger partial charge in [0.15, 0.2) is 5.13 Å². The molecule has 31 heavy (non-hydrogen) atoms. The number of fused-ring (bicyclic) bond motifs is 1. The van der Waals surface area contributed by atoms with Crippen molar-refractivity contribution in [2.75, 3.05) is 15.9 Å². The number of hydrogen-bond acceptors (Lipinski definition) is 5. The van der Waals surface area contributed by atoms with Crippen LogP contribution in [0.5, 0.6) is 0 Å². The quantitative estimate of drug-likeness (QED) is 0.619. The molecule has 0 bridgehead atoms. The van der Waals surface area contributed by atoms with Gasteiger partial charge in [0, 0.05) is 22.5 Å². The van der Waals surface area contributed by atoms with E-state index in [2.05, 4.69) is 43.2 Å². The van der Waals surface area contributed by atoms with Crippen LogP contribution in [0.4, 0.5) is 10.8 Å². The number of hydrogen-bond donors (Lipinski definition) is 1. The number of nitrogens with zero attached hydrogens (tertiary/aromatic N) is 2. The van der Waals surface area contributed by atoms with E-state index in [1.807, 2.05) is 12.3 Å². The van der Waals surface area contributed by atoms with E-state index in [1.165, 1.54) is 27.5 Å². The number of carbonyl (C=O) groups is 1. The van der Waals surface area contributed by atoms with Gasteiger partial charge < -0.3 is 0 Å². The molecular weight excluding hydrogens is 430 g/mol. The lowest BCUT2D eigenvalue weighted by atomic mass is 9.98. The van der Waals surface area contributed by atoms with Crippen LogP contribution in [0.3, 0.4) is 0 Å². The van der Waals surface area contributed by atoms with Crippen molar-refractivity contribution in [2.24, 2.45) is 0 Å². The molecule has 1 N–H and O–H groups in total. The van der Waals surface area contributed by atoms with Crippen molar-refractivity contribution in [3.63, 3.8) is 0 Å². The third-order valence-corrected chi connectivity index (χ3v) is 7.54. The first kappa shape index (κ1) is 21.5. The van der Waals surface area contributed by atoms with Crippen molar-refractivity contribution >= 4 is 38.1 Å². The van der Waals surface area contributed by atoms with Crippen molar-refractivity contribution < 1.29 is 13.2 Å². The molecule has 1 aliphatic heterocycles. The molecule has 2 aromatic carbocycles. The third-order valence-electron chi connectivity index (χ3n) is 5.51. The third kappa shape index (κ3) is 4.09. The second kappa shape index (κ2) is 7.76. The van der Waals surface area contributed by atoms with Crippen LogP contribution in [-0.4, -0.2) is 31.6 Å². The number of amides is 1. The first-order chi connectivity index (χ1) is 14.5. The van der Waals surface area contributed by atoms with Crippen LogP contribution < -0.4 is 9.62 Å². The second-order valence-corrected chi connectivity index (χ2v) is 10.9. The van der Waals surface area contributed by atoms with Gasteiger partial charge in [-0.05, 0) is 69.0 Å². The minimum Gasteiger partial charge on any atom is -0.298 e. The van der Waals surface area contributed by atoms with E-state index in [0.717, 1.165) is 27.9 Å². The van der Waals surface area contributed by atoms with Gasteiger partial charge in [0.05, 0.1) is 17.6 Å². The van der Waals surface area contributed by atoms with E-state index in [9.17, 15) is 13.2 Å². The Morgan fingerprint density at radius 3 is 2.48 bits per heavy atom. The van der Waals surface area contributed by atoms with Gasteiger partial charge in [-0.25, -0.2) is 13.4 Å². The predicted octanol–water partition coefficient (Wildman–Crippen LogP) is 4.70. The Morgan fingerprint density at radius 2 is 1.84 bits per heavy atom. The smallest absolute Gasteiger partial charge is 0.257 e. The molecule has 1 atom stereocenters. The highest BCUT2D eigenvalue weighted by Gasteiger charge is 2.32. The van der Waals surface area contributed by atoms with Crippen LogP contribution in [0.25, 0.3) is 11.3 Å². The number of carbonyl (C=O) groups excluding carboxylic acids is 1. The van der Waals surface area contributed by atoms with Crippen molar-refractivity contribution in [3.05, 3.63) is 63.5 Å². The molecule has 8 heteroatoms. The van der Waals surface area contributed by atoms with Crippen molar-refractivity contribution in [1.29, 1.82) is 0 Å². The van der Waals surface area contributed by atoms with Crippen LogP contribution >= 0.6 is 11.3 Å². The summed E-state index contributed by atoms with van der Waals surface area (Å²) in [6.07, 6.45) is 1.79. The van der Waals surface area contributed by atoms with Gasteiger partial charge in [-0.2, -0.15) is 0 Å². The van der Waals surface area contributed by atoms with E-state index in [0.29, 0.717) is 22.8 Å². The molecule has 0 fully saturated rings. The summed E-state index contributed by atoms with van der Waals surface area (Å²) in [6.45, 7) is 8.08. The van der Waals surface area contributed by atoms with E-state index in [1.54, 1.807) is 18.2 Å². The van der Waals surface area contributed by atoms with Crippen molar-refractivity contribution in [3.8, 4) is 11.3 Å². The molecule has 2 heterocycles. The topological polar surface area (TPSA) is 79.4 Å². The SMILES string of the molecule is Cc1cc(C)c(-c2csc(NC(=O)c3ccc4c(c3)C[C@@H](C)N4S(C)(=O)=O)n2)c(C)c1. The number of benzene rings is 2. The molecule has 0 spiro atoms. The number of aromatic nitrogens is 1. The Labute approximate surface area is 187 Å². The van der Waals surface area contributed by atoms with Gasteiger partial charge in [-0.15, -0.1) is 11.3 Å². The molecule has 1 aliphatic rings. The maximum Gasteiger partial charge on any atom is 0.257 e. The lowest BCUT2D eigenvalue weighted by Gasteiger charge is -2.21. The summed E-state index contributed by atoms with van der Waals surface area (Å²) in [5, 5.41) is 5.37. The molecule has 1 amide bonds. The highest BCUT2D eigenvalue weighted by Crippen LogP contribution is 2.35. The lowest BCUT2D eigenvalue weighted by molar-refractivity contribution is 0.102. The fraction of sp³-hybridized carbons (Fsp3) is 0.304. The minimum absolute atomic E-state index is 0.161. The van der Waals surface area contributed by atoms with Crippen molar-refractivity contribution in [2.45, 2.75) is 40.2 Å². The van der Waals surface area contributed by atoms with Gasteiger partial charge in [-0.1, -0.05) is 17.7 Å². The largest absolute Gasteiger partial charge is 0.298 e. The lowest BCUT2D eigenvalue weighted by Crippen LogP contribution is -2.34. The first-order valence-electron chi connectivity index (χ1n) is 10.0. The number of nitrogens with one attached hydrogen (secondary N) is 1. The maximum absolute atomic E-state index is 12.8. The number of rotatable bonds is 4. The monoisotopic (exact) mass is 455 g/mol. The Bertz CT molecular complexity index is 1270. The Hall–Kier alpha value is -2.71. The summed E-state index contributed by atoms with van der Waals surface area (Å²) in [4.78, 5) is 17.4. The van der Waals surface area contributed by atoms with Gasteiger partial charge in [0.2, 0.25) is 10.0 Å². The molecule has 162 valence electrons. The zero-order valence-corrected chi connectivity index (χ0v) is 19.8. The fourth-order valence-corrected chi connectivity index (χ4v) is 6.41. The van der Waals surface area contributed by atoms with Crippen LogP contribution in [-0.2, 0) is 16.4 Å². The highest BCUT2D eigenvalue weighted by molar-refractivity contribution is 7.92. The number of aryl methyl sites for hydroxylation is 3. The van der Waals surface area contributed by atoms with Gasteiger partial charge >= 0.3 is 0 Å². The zero-order chi connectivity index (χ0) is 22.5. The molecule has 6 nitrogen and oxygen atoms in total. The molecule has 4 rings (SSSR count). The summed E-state index contributed by atoms with van der Waals surface area (Å²) in [7, 11) is -3.36. The highest BCUT2D eigenvalue weighted by atomic mass is 32.2. The molecule has 0 radical (unpaired) electrons. The molecule has 0 saturated carbocycles. The molecule has 1 aromatic heterocycles. The summed E-state index contributed by atoms with van der Waals surface area (Å²) in [5.74, 6) is -0.258. The van der Waals surface area contributed by atoms with Crippen molar-refractivity contribution in [1.82, 2.24) is 4.98 Å². The fourth-order valence-electron chi connectivity index (χ4n) is 4.45. The predicted molar refractivity (Wildman–Crippen MR) is 127 cm³/mol. The van der Waals surface area contributed by atoms with Gasteiger partial charge in [-0.3, -0.25) is 14.4 Å². The van der Waals surface area contributed by atoms with Crippen LogP contribution in [0.2, 0.25) is 0 Å². The number of anilines is 2. The van der Waals surface area contributed by atoms with E-state index in [4.69, 9.17) is 0 Å². The van der Waals surface area contributed by atoms with E-state index < -0.39 is 10.0 Å². The van der Waals surface area contributed by atoms with E-state index in [-0.39, 0.29) is 11.9 Å². The Balaban J connectivity index is 1.57. The zero-order valence-electron chi connectivity index (χ0n) is 18.2. The second-order valence-electron chi connectivity index (χ2n) is 8.22. The van der Waals surface area contributed by atoms with Crippen LogP contribution in [0.1, 0.15) is 39.5 Å². The average Bonchev–Trinajstić information content (AvgIpc) is 3.22. The van der Waals surface area contributed by atoms with Gasteiger partial charge in [0.1, 0.15) is 0 Å². The molecular formula is C23H25N3O3S2. The molecule has 0 saturated heterocycles. The Kier molecular flexibility index (Phi) is 5.39. The maximum atomic E-state index is 12.8. The summed E-state index contributed by atoms with van der Waals surface area (Å²) >= 11 is 1.39. The van der Waals surface area contributed by atoms with Gasteiger partial charge in [0.25, 0.3) is 5.91 Å². The Morgan fingerprint density at radius 1 is 1.16 bits per heavy atom. The summed E-state index contributed by atoms with van der Waals surface area (Å²) in [5.41, 5.74) is 7.46. The van der Waals surface area contributed by atoms with Crippen LogP contribution in [0, 0.1) is 20.8 Å². The van der Waals surface area contributed by atoms with Crippen LogP contribution in [0.15, 0.2) is 35.7 Å². The summed E-state index contributed by atoms with van der Waals surface area (Å²) in [6, 6.07) is 9.24. The summed E-state index contributed by atoms with van der Waals surface area (Å²) < 4.78 is 25.6. The van der Waals surface area contributed by atoms with E-state index >= 15 is 0 Å². The average molecular weight is 456 g/mol. The first-order valence-corrected chi connectivity index (χ1v) is 12.7.